The van der Waals surface area contributed by atoms with Crippen LogP contribution in [0.25, 0.3) is 0 Å². The summed E-state index contributed by atoms with van der Waals surface area (Å²) in [6, 6.07) is 6.94. The molecular formula is C21H21ClF3NO4S2. The van der Waals surface area contributed by atoms with Crippen molar-refractivity contribution in [1.82, 2.24) is 4.90 Å². The molecule has 2 aromatic carbocycles. The zero-order valence-electron chi connectivity index (χ0n) is 17.5. The highest BCUT2D eigenvalue weighted by Gasteiger charge is 2.39. The number of halogens is 4. The number of carbonyl (C=O) groups excluding carboxylic acids is 1. The summed E-state index contributed by atoms with van der Waals surface area (Å²) in [5.74, 6) is -0.141. The van der Waals surface area contributed by atoms with E-state index in [1.165, 1.54) is 4.90 Å². The van der Waals surface area contributed by atoms with Gasteiger partial charge in [0.2, 0.25) is 0 Å². The first kappa shape index (κ1) is 24.7. The SMILES string of the molecule is CCSc1cc2c(cc1Cl)CN(C(=O)c1cc(S(C)(=O)=O)ccc1O[C@@H](C)C(F)(F)F)C2. The molecule has 0 aromatic heterocycles. The van der Waals surface area contributed by atoms with Crippen molar-refractivity contribution in [2.24, 2.45) is 0 Å². The molecule has 0 spiro atoms. The summed E-state index contributed by atoms with van der Waals surface area (Å²) in [6.07, 6.45) is -5.87. The van der Waals surface area contributed by atoms with Gasteiger partial charge in [-0.2, -0.15) is 13.2 Å². The predicted molar refractivity (Wildman–Crippen MR) is 117 cm³/mol. The number of amides is 1. The molecule has 32 heavy (non-hydrogen) atoms. The van der Waals surface area contributed by atoms with Crippen LogP contribution in [0.4, 0.5) is 13.2 Å². The van der Waals surface area contributed by atoms with Gasteiger partial charge in [0.15, 0.2) is 15.9 Å². The minimum atomic E-state index is -4.65. The second-order valence-corrected chi connectivity index (χ2v) is 11.1. The van der Waals surface area contributed by atoms with E-state index < -0.39 is 28.0 Å². The Balaban J connectivity index is 1.97. The van der Waals surface area contributed by atoms with Gasteiger partial charge in [0, 0.05) is 24.2 Å². The molecule has 11 heteroatoms. The van der Waals surface area contributed by atoms with E-state index in [9.17, 15) is 26.4 Å². The molecule has 1 aliphatic heterocycles. The van der Waals surface area contributed by atoms with Crippen LogP contribution in [-0.2, 0) is 22.9 Å². The number of nitrogens with zero attached hydrogens (tertiary/aromatic N) is 1. The Hall–Kier alpha value is -1.91. The maximum atomic E-state index is 13.3. The van der Waals surface area contributed by atoms with Gasteiger partial charge in [0.25, 0.3) is 5.91 Å². The molecule has 0 radical (unpaired) electrons. The van der Waals surface area contributed by atoms with Gasteiger partial charge in [-0.05, 0) is 54.1 Å². The molecule has 0 fully saturated rings. The average molecular weight is 508 g/mol. The molecule has 0 aliphatic carbocycles. The Morgan fingerprint density at radius 2 is 1.84 bits per heavy atom. The Labute approximate surface area is 193 Å². The summed E-state index contributed by atoms with van der Waals surface area (Å²) in [6.45, 7) is 3.23. The molecule has 174 valence electrons. The maximum absolute atomic E-state index is 13.3. The number of sulfone groups is 1. The van der Waals surface area contributed by atoms with E-state index >= 15 is 0 Å². The zero-order valence-corrected chi connectivity index (χ0v) is 19.9. The fourth-order valence-corrected chi connectivity index (χ4v) is 4.98. The van der Waals surface area contributed by atoms with Crippen molar-refractivity contribution in [3.8, 4) is 5.75 Å². The fraction of sp³-hybridized carbons (Fsp3) is 0.381. The normalized spacial score (nSPS) is 14.9. The molecule has 1 atom stereocenters. The highest BCUT2D eigenvalue weighted by molar-refractivity contribution is 7.99. The van der Waals surface area contributed by atoms with Crippen LogP contribution in [-0.4, -0.2) is 43.5 Å². The molecule has 5 nitrogen and oxygen atoms in total. The smallest absolute Gasteiger partial charge is 0.425 e. The first-order valence-electron chi connectivity index (χ1n) is 9.62. The maximum Gasteiger partial charge on any atom is 0.425 e. The number of rotatable bonds is 6. The molecule has 0 unspecified atom stereocenters. The third kappa shape index (κ3) is 5.35. The number of benzene rings is 2. The van der Waals surface area contributed by atoms with Crippen LogP contribution in [0.5, 0.6) is 5.75 Å². The predicted octanol–water partition coefficient (Wildman–Crippen LogP) is 5.34. The monoisotopic (exact) mass is 507 g/mol. The van der Waals surface area contributed by atoms with E-state index in [1.54, 1.807) is 17.8 Å². The summed E-state index contributed by atoms with van der Waals surface area (Å²) in [7, 11) is -3.70. The number of thioether (sulfide) groups is 1. The van der Waals surface area contributed by atoms with E-state index in [2.05, 4.69) is 0 Å². The number of ether oxygens (including phenoxy) is 1. The molecule has 0 N–H and O–H groups in total. The number of alkyl halides is 3. The highest BCUT2D eigenvalue weighted by atomic mass is 35.5. The van der Waals surface area contributed by atoms with Crippen LogP contribution in [0.3, 0.4) is 0 Å². The van der Waals surface area contributed by atoms with Crippen LogP contribution in [0.2, 0.25) is 5.02 Å². The van der Waals surface area contributed by atoms with E-state index in [0.717, 1.165) is 53.2 Å². The van der Waals surface area contributed by atoms with Crippen LogP contribution in [0.1, 0.15) is 35.3 Å². The molecule has 2 aromatic rings. The zero-order chi connectivity index (χ0) is 23.8. The largest absolute Gasteiger partial charge is 0.480 e. The number of fused-ring (bicyclic) bond motifs is 1. The number of hydrogen-bond donors (Lipinski definition) is 0. The Morgan fingerprint density at radius 3 is 2.41 bits per heavy atom. The number of hydrogen-bond acceptors (Lipinski definition) is 5. The van der Waals surface area contributed by atoms with Gasteiger partial charge in [-0.3, -0.25) is 4.79 Å². The lowest BCUT2D eigenvalue weighted by molar-refractivity contribution is -0.189. The summed E-state index contributed by atoms with van der Waals surface area (Å²) in [5, 5.41) is 0.562. The van der Waals surface area contributed by atoms with Crippen molar-refractivity contribution in [1.29, 1.82) is 0 Å². The topological polar surface area (TPSA) is 63.7 Å². The molecule has 0 bridgehead atoms. The van der Waals surface area contributed by atoms with E-state index in [-0.39, 0.29) is 29.3 Å². The van der Waals surface area contributed by atoms with Gasteiger partial charge >= 0.3 is 6.18 Å². The van der Waals surface area contributed by atoms with Gasteiger partial charge in [0.1, 0.15) is 5.75 Å². The van der Waals surface area contributed by atoms with Crippen LogP contribution in [0, 0.1) is 0 Å². The van der Waals surface area contributed by atoms with E-state index in [4.69, 9.17) is 16.3 Å². The molecule has 1 amide bonds. The summed E-state index contributed by atoms with van der Waals surface area (Å²) in [4.78, 5) is 15.4. The van der Waals surface area contributed by atoms with Gasteiger partial charge in [-0.15, -0.1) is 11.8 Å². The summed E-state index contributed by atoms with van der Waals surface area (Å²) < 4.78 is 68.0. The van der Waals surface area contributed by atoms with E-state index in [0.29, 0.717) is 5.02 Å². The lowest BCUT2D eigenvalue weighted by Gasteiger charge is -2.22. The molecule has 0 saturated carbocycles. The van der Waals surface area contributed by atoms with Crippen molar-refractivity contribution in [2.45, 2.75) is 49.0 Å². The van der Waals surface area contributed by atoms with Gasteiger partial charge in [-0.1, -0.05) is 18.5 Å². The molecule has 1 aliphatic rings. The standard InChI is InChI=1S/C21H21ClF3NO4S2/c1-4-31-19-8-14-11-26(10-13(14)7-17(19)22)20(27)16-9-15(32(3,28)29)5-6-18(16)30-12(2)21(23,24)25/h5-9,12H,4,10-11H2,1-3H3/t12-/m0/s1. The van der Waals surface area contributed by atoms with Crippen LogP contribution < -0.4 is 4.74 Å². The van der Waals surface area contributed by atoms with Gasteiger partial charge in [0.05, 0.1) is 15.5 Å². The minimum absolute atomic E-state index is 0.186. The highest BCUT2D eigenvalue weighted by Crippen LogP contribution is 2.36. The lowest BCUT2D eigenvalue weighted by Crippen LogP contribution is -2.32. The third-order valence-electron chi connectivity index (χ3n) is 4.94. The quantitative estimate of drug-likeness (QED) is 0.494. The van der Waals surface area contributed by atoms with Gasteiger partial charge in [-0.25, -0.2) is 8.42 Å². The first-order chi connectivity index (χ1) is 14.8. The van der Waals surface area contributed by atoms with E-state index in [1.807, 2.05) is 13.0 Å². The fourth-order valence-electron chi connectivity index (χ4n) is 3.25. The summed E-state index contributed by atoms with van der Waals surface area (Å²) >= 11 is 7.87. The first-order valence-corrected chi connectivity index (χ1v) is 12.9. The lowest BCUT2D eigenvalue weighted by atomic mass is 10.1. The van der Waals surface area contributed by atoms with Crippen LogP contribution in [0.15, 0.2) is 40.1 Å². The number of carbonyl (C=O) groups is 1. The van der Waals surface area contributed by atoms with Crippen molar-refractivity contribution in [3.63, 3.8) is 0 Å². The van der Waals surface area contributed by atoms with Crippen LogP contribution >= 0.6 is 23.4 Å². The summed E-state index contributed by atoms with van der Waals surface area (Å²) in [5.41, 5.74) is 1.46. The van der Waals surface area contributed by atoms with Crippen molar-refractivity contribution < 1.29 is 31.1 Å². The second-order valence-electron chi connectivity index (χ2n) is 7.38. The molecule has 3 rings (SSSR count). The Kier molecular flexibility index (Phi) is 7.07. The molecular weight excluding hydrogens is 487 g/mol. The average Bonchev–Trinajstić information content (AvgIpc) is 3.09. The molecule has 1 heterocycles. The minimum Gasteiger partial charge on any atom is -0.480 e. The Bertz CT molecular complexity index is 1150. The Morgan fingerprint density at radius 1 is 1.22 bits per heavy atom. The van der Waals surface area contributed by atoms with Crippen molar-refractivity contribution in [2.75, 3.05) is 12.0 Å². The second kappa shape index (κ2) is 9.15. The molecule has 0 saturated heterocycles. The van der Waals surface area contributed by atoms with Gasteiger partial charge < -0.3 is 9.64 Å². The van der Waals surface area contributed by atoms with Crippen molar-refractivity contribution in [3.05, 3.63) is 52.0 Å². The third-order valence-corrected chi connectivity index (χ3v) is 7.41. The van der Waals surface area contributed by atoms with Crippen molar-refractivity contribution >= 4 is 39.1 Å².